The third kappa shape index (κ3) is 4.49. The van der Waals surface area contributed by atoms with Gasteiger partial charge in [-0.3, -0.25) is 0 Å². The fourth-order valence-corrected chi connectivity index (χ4v) is 2.12. The molecule has 15 heavy (non-hydrogen) atoms. The van der Waals surface area contributed by atoms with E-state index in [-0.39, 0.29) is 6.04 Å². The molecule has 3 heteroatoms. The highest BCUT2D eigenvalue weighted by atomic mass is 16.5. The van der Waals surface area contributed by atoms with Crippen molar-refractivity contribution in [2.75, 3.05) is 26.2 Å². The fraction of sp³-hybridized carbons (Fsp3) is 1.00. The first-order valence-corrected chi connectivity index (χ1v) is 6.23. The summed E-state index contributed by atoms with van der Waals surface area (Å²) in [4.78, 5) is 2.50. The van der Waals surface area contributed by atoms with Crippen LogP contribution in [0.3, 0.4) is 0 Å². The van der Waals surface area contributed by atoms with Crippen LogP contribution in [0.5, 0.6) is 0 Å². The van der Waals surface area contributed by atoms with Crippen molar-refractivity contribution in [2.45, 2.75) is 45.8 Å². The first-order chi connectivity index (χ1) is 7.13. The smallest absolute Gasteiger partial charge is 0.0702 e. The van der Waals surface area contributed by atoms with Crippen molar-refractivity contribution in [3.05, 3.63) is 0 Å². The van der Waals surface area contributed by atoms with E-state index in [0.29, 0.717) is 12.0 Å². The molecule has 3 unspecified atom stereocenters. The van der Waals surface area contributed by atoms with E-state index in [1.54, 1.807) is 0 Å². The molecular weight excluding hydrogens is 188 g/mol. The van der Waals surface area contributed by atoms with Gasteiger partial charge in [0.2, 0.25) is 0 Å². The predicted molar refractivity (Wildman–Crippen MR) is 63.9 cm³/mol. The SMILES string of the molecule is CCOC1CCCN(CC(C)C(C)N)C1. The van der Waals surface area contributed by atoms with Crippen LogP contribution in [0.25, 0.3) is 0 Å². The van der Waals surface area contributed by atoms with E-state index in [1.807, 2.05) is 0 Å². The number of hydrogen-bond acceptors (Lipinski definition) is 3. The lowest BCUT2D eigenvalue weighted by atomic mass is 10.0. The van der Waals surface area contributed by atoms with Gasteiger partial charge in [-0.2, -0.15) is 0 Å². The molecule has 1 saturated heterocycles. The lowest BCUT2D eigenvalue weighted by molar-refractivity contribution is 0.00176. The summed E-state index contributed by atoms with van der Waals surface area (Å²) in [7, 11) is 0. The molecule has 0 aromatic heterocycles. The number of hydrogen-bond donors (Lipinski definition) is 1. The second-order valence-corrected chi connectivity index (χ2v) is 4.82. The maximum atomic E-state index is 5.89. The summed E-state index contributed by atoms with van der Waals surface area (Å²) in [5, 5.41) is 0. The molecule has 3 atom stereocenters. The zero-order chi connectivity index (χ0) is 11.3. The van der Waals surface area contributed by atoms with Crippen LogP contribution >= 0.6 is 0 Å². The van der Waals surface area contributed by atoms with Gasteiger partial charge in [0.25, 0.3) is 0 Å². The minimum Gasteiger partial charge on any atom is -0.377 e. The number of nitrogens with zero attached hydrogens (tertiary/aromatic N) is 1. The molecule has 0 aliphatic carbocycles. The van der Waals surface area contributed by atoms with E-state index in [9.17, 15) is 0 Å². The van der Waals surface area contributed by atoms with Gasteiger partial charge < -0.3 is 15.4 Å². The minimum absolute atomic E-state index is 0.289. The standard InChI is InChI=1S/C12H26N2O/c1-4-15-12-6-5-7-14(9-12)8-10(2)11(3)13/h10-12H,4-9,13H2,1-3H3. The Morgan fingerprint density at radius 3 is 2.80 bits per heavy atom. The number of likely N-dealkylation sites (tertiary alicyclic amines) is 1. The monoisotopic (exact) mass is 214 g/mol. The lowest BCUT2D eigenvalue weighted by Gasteiger charge is -2.34. The maximum absolute atomic E-state index is 5.89. The van der Waals surface area contributed by atoms with Gasteiger partial charge in [-0.25, -0.2) is 0 Å². The molecule has 1 aliphatic rings. The number of ether oxygens (including phenoxy) is 1. The molecule has 0 aromatic carbocycles. The molecule has 0 spiro atoms. The number of piperidine rings is 1. The molecule has 3 nitrogen and oxygen atoms in total. The van der Waals surface area contributed by atoms with E-state index in [0.717, 1.165) is 19.7 Å². The van der Waals surface area contributed by atoms with Gasteiger partial charge in [-0.05, 0) is 39.2 Å². The van der Waals surface area contributed by atoms with Crippen molar-refractivity contribution in [1.82, 2.24) is 4.90 Å². The Hall–Kier alpha value is -0.120. The first kappa shape index (κ1) is 12.9. The van der Waals surface area contributed by atoms with Crippen LogP contribution in [0.1, 0.15) is 33.6 Å². The van der Waals surface area contributed by atoms with Crippen molar-refractivity contribution in [2.24, 2.45) is 11.7 Å². The van der Waals surface area contributed by atoms with Gasteiger partial charge in [0.15, 0.2) is 0 Å². The summed E-state index contributed by atoms with van der Waals surface area (Å²) in [6.45, 7) is 10.6. The molecule has 0 radical (unpaired) electrons. The molecule has 0 aromatic rings. The molecule has 1 rings (SSSR count). The summed E-state index contributed by atoms with van der Waals surface area (Å²) < 4.78 is 5.68. The molecule has 1 fully saturated rings. The van der Waals surface area contributed by atoms with Crippen LogP contribution in [0, 0.1) is 5.92 Å². The zero-order valence-corrected chi connectivity index (χ0v) is 10.4. The molecule has 0 amide bonds. The van der Waals surface area contributed by atoms with Gasteiger partial charge in [-0.15, -0.1) is 0 Å². The molecule has 2 N–H and O–H groups in total. The Morgan fingerprint density at radius 1 is 1.47 bits per heavy atom. The summed E-state index contributed by atoms with van der Waals surface area (Å²) in [5.74, 6) is 0.574. The van der Waals surface area contributed by atoms with Crippen molar-refractivity contribution in [3.63, 3.8) is 0 Å². The van der Waals surface area contributed by atoms with E-state index >= 15 is 0 Å². The molecule has 1 aliphatic heterocycles. The van der Waals surface area contributed by atoms with Crippen LogP contribution in [0.4, 0.5) is 0 Å². The van der Waals surface area contributed by atoms with Crippen molar-refractivity contribution >= 4 is 0 Å². The van der Waals surface area contributed by atoms with E-state index in [4.69, 9.17) is 10.5 Å². The number of rotatable bonds is 5. The largest absolute Gasteiger partial charge is 0.377 e. The Balaban J connectivity index is 2.29. The lowest BCUT2D eigenvalue weighted by Crippen LogP contribution is -2.44. The average Bonchev–Trinajstić information content (AvgIpc) is 2.18. The molecule has 0 saturated carbocycles. The summed E-state index contributed by atoms with van der Waals surface area (Å²) in [6.07, 6.45) is 2.93. The van der Waals surface area contributed by atoms with Gasteiger partial charge in [0.05, 0.1) is 6.10 Å². The highest BCUT2D eigenvalue weighted by Crippen LogP contribution is 2.15. The molecule has 0 bridgehead atoms. The van der Waals surface area contributed by atoms with Gasteiger partial charge in [-0.1, -0.05) is 6.92 Å². The third-order valence-corrected chi connectivity index (χ3v) is 3.31. The van der Waals surface area contributed by atoms with Crippen LogP contribution in [0.15, 0.2) is 0 Å². The summed E-state index contributed by atoms with van der Waals surface area (Å²) >= 11 is 0. The Morgan fingerprint density at radius 2 is 2.20 bits per heavy atom. The Bertz CT molecular complexity index is 171. The summed E-state index contributed by atoms with van der Waals surface area (Å²) in [6, 6.07) is 0.289. The van der Waals surface area contributed by atoms with Crippen LogP contribution in [0.2, 0.25) is 0 Å². The second kappa shape index (κ2) is 6.46. The van der Waals surface area contributed by atoms with Crippen LogP contribution < -0.4 is 5.73 Å². The fourth-order valence-electron chi connectivity index (χ4n) is 2.12. The summed E-state index contributed by atoms with van der Waals surface area (Å²) in [5.41, 5.74) is 5.89. The molecule has 90 valence electrons. The second-order valence-electron chi connectivity index (χ2n) is 4.82. The van der Waals surface area contributed by atoms with Gasteiger partial charge >= 0.3 is 0 Å². The normalized spacial score (nSPS) is 27.6. The highest BCUT2D eigenvalue weighted by Gasteiger charge is 2.21. The van der Waals surface area contributed by atoms with Crippen molar-refractivity contribution in [1.29, 1.82) is 0 Å². The van der Waals surface area contributed by atoms with Crippen LogP contribution in [-0.4, -0.2) is 43.3 Å². The highest BCUT2D eigenvalue weighted by molar-refractivity contribution is 4.76. The number of nitrogens with two attached hydrogens (primary N) is 1. The van der Waals surface area contributed by atoms with E-state index in [2.05, 4.69) is 25.7 Å². The Labute approximate surface area is 94.0 Å². The van der Waals surface area contributed by atoms with Gasteiger partial charge in [0.1, 0.15) is 0 Å². The molecule has 1 heterocycles. The predicted octanol–water partition coefficient (Wildman–Crippen LogP) is 1.47. The topological polar surface area (TPSA) is 38.5 Å². The van der Waals surface area contributed by atoms with Gasteiger partial charge in [0, 0.05) is 25.7 Å². The van der Waals surface area contributed by atoms with Crippen molar-refractivity contribution in [3.8, 4) is 0 Å². The quantitative estimate of drug-likeness (QED) is 0.753. The first-order valence-electron chi connectivity index (χ1n) is 6.23. The van der Waals surface area contributed by atoms with E-state index in [1.165, 1.54) is 19.4 Å². The van der Waals surface area contributed by atoms with Crippen LogP contribution in [-0.2, 0) is 4.74 Å². The average molecular weight is 214 g/mol. The third-order valence-electron chi connectivity index (χ3n) is 3.31. The molecular formula is C12H26N2O. The van der Waals surface area contributed by atoms with Crippen molar-refractivity contribution < 1.29 is 4.74 Å². The maximum Gasteiger partial charge on any atom is 0.0702 e. The Kier molecular flexibility index (Phi) is 5.58. The minimum atomic E-state index is 0.289. The zero-order valence-electron chi connectivity index (χ0n) is 10.4. The van der Waals surface area contributed by atoms with E-state index < -0.39 is 0 Å².